The standard InChI is InChI=1S/C17H21Cl2N3O3S/c1-10(2)16-20-21-17(25-16)12-4-6-22(7-5-12)26(23,24)15-8-11(3)13(18)9-14(15)19/h8-10,12H,4-7H2,1-3H3. The zero-order chi connectivity index (χ0) is 19.1. The summed E-state index contributed by atoms with van der Waals surface area (Å²) < 4.78 is 33.1. The number of sulfonamides is 1. The molecule has 1 aliphatic heterocycles. The van der Waals surface area contributed by atoms with Crippen LogP contribution in [0.3, 0.4) is 0 Å². The second-order valence-corrected chi connectivity index (χ2v) is 9.56. The fourth-order valence-electron chi connectivity index (χ4n) is 2.96. The van der Waals surface area contributed by atoms with Gasteiger partial charge in [-0.05, 0) is 37.5 Å². The fraction of sp³-hybridized carbons (Fsp3) is 0.529. The minimum Gasteiger partial charge on any atom is -0.425 e. The predicted molar refractivity (Wildman–Crippen MR) is 100 cm³/mol. The van der Waals surface area contributed by atoms with E-state index in [1.165, 1.54) is 16.4 Å². The first-order valence-corrected chi connectivity index (χ1v) is 10.7. The number of halogens is 2. The van der Waals surface area contributed by atoms with Gasteiger partial charge in [-0.15, -0.1) is 10.2 Å². The van der Waals surface area contributed by atoms with Crippen molar-refractivity contribution in [2.75, 3.05) is 13.1 Å². The number of piperidine rings is 1. The SMILES string of the molecule is Cc1cc(S(=O)(=O)N2CCC(c3nnc(C(C)C)o3)CC2)c(Cl)cc1Cl. The first-order valence-electron chi connectivity index (χ1n) is 8.49. The summed E-state index contributed by atoms with van der Waals surface area (Å²) in [5.41, 5.74) is 0.677. The molecule has 0 bridgehead atoms. The van der Waals surface area contributed by atoms with Crippen molar-refractivity contribution in [3.8, 4) is 0 Å². The summed E-state index contributed by atoms with van der Waals surface area (Å²) in [6.45, 7) is 6.50. The van der Waals surface area contributed by atoms with Gasteiger partial charge < -0.3 is 4.42 Å². The first-order chi connectivity index (χ1) is 12.2. The van der Waals surface area contributed by atoms with Crippen LogP contribution in [-0.2, 0) is 10.0 Å². The fourth-order valence-corrected chi connectivity index (χ4v) is 5.23. The van der Waals surface area contributed by atoms with Crippen LogP contribution in [-0.4, -0.2) is 36.0 Å². The Balaban J connectivity index is 1.75. The van der Waals surface area contributed by atoms with Crippen LogP contribution in [0.1, 0.15) is 55.9 Å². The topological polar surface area (TPSA) is 76.3 Å². The molecule has 26 heavy (non-hydrogen) atoms. The van der Waals surface area contributed by atoms with Crippen LogP contribution in [0.25, 0.3) is 0 Å². The van der Waals surface area contributed by atoms with Gasteiger partial charge in [0.2, 0.25) is 21.8 Å². The molecule has 1 fully saturated rings. The van der Waals surface area contributed by atoms with Crippen molar-refractivity contribution in [3.63, 3.8) is 0 Å². The van der Waals surface area contributed by atoms with Crippen LogP contribution in [0.4, 0.5) is 0 Å². The molecular weight excluding hydrogens is 397 g/mol. The van der Waals surface area contributed by atoms with Gasteiger partial charge in [-0.25, -0.2) is 8.42 Å². The maximum Gasteiger partial charge on any atom is 0.244 e. The molecule has 1 aliphatic rings. The molecular formula is C17H21Cl2N3O3S. The van der Waals surface area contributed by atoms with Crippen molar-refractivity contribution in [1.82, 2.24) is 14.5 Å². The Morgan fingerprint density at radius 2 is 1.81 bits per heavy atom. The largest absolute Gasteiger partial charge is 0.425 e. The number of rotatable bonds is 4. The normalized spacial score (nSPS) is 17.2. The lowest BCUT2D eigenvalue weighted by Gasteiger charge is -2.30. The van der Waals surface area contributed by atoms with Gasteiger partial charge in [-0.3, -0.25) is 0 Å². The molecule has 9 heteroatoms. The molecule has 0 unspecified atom stereocenters. The number of hydrogen-bond acceptors (Lipinski definition) is 5. The van der Waals surface area contributed by atoms with Gasteiger partial charge in [0.25, 0.3) is 0 Å². The Bertz CT molecular complexity index is 904. The Labute approximate surface area is 163 Å². The van der Waals surface area contributed by atoms with E-state index in [9.17, 15) is 8.42 Å². The van der Waals surface area contributed by atoms with Gasteiger partial charge in [0.05, 0.1) is 5.02 Å². The molecule has 0 aliphatic carbocycles. The lowest BCUT2D eigenvalue weighted by atomic mass is 9.98. The van der Waals surface area contributed by atoms with Gasteiger partial charge in [0, 0.05) is 29.9 Å². The quantitative estimate of drug-likeness (QED) is 0.737. The number of hydrogen-bond donors (Lipinski definition) is 0. The predicted octanol–water partition coefficient (Wildman–Crippen LogP) is 4.38. The van der Waals surface area contributed by atoms with Crippen molar-refractivity contribution in [2.45, 2.75) is 50.3 Å². The lowest BCUT2D eigenvalue weighted by molar-refractivity contribution is 0.285. The lowest BCUT2D eigenvalue weighted by Crippen LogP contribution is -2.38. The van der Waals surface area contributed by atoms with Gasteiger partial charge in [-0.2, -0.15) is 4.31 Å². The van der Waals surface area contributed by atoms with E-state index in [4.69, 9.17) is 27.6 Å². The van der Waals surface area contributed by atoms with Crippen LogP contribution < -0.4 is 0 Å². The van der Waals surface area contributed by atoms with E-state index in [2.05, 4.69) is 10.2 Å². The zero-order valence-electron chi connectivity index (χ0n) is 14.9. The number of aromatic nitrogens is 2. The van der Waals surface area contributed by atoms with Crippen LogP contribution in [0.2, 0.25) is 10.0 Å². The number of aryl methyl sites for hydroxylation is 1. The molecule has 0 spiro atoms. The maximum atomic E-state index is 13.0. The van der Waals surface area contributed by atoms with Crippen molar-refractivity contribution in [3.05, 3.63) is 39.5 Å². The molecule has 1 aromatic heterocycles. The summed E-state index contributed by atoms with van der Waals surface area (Å²) in [5, 5.41) is 8.77. The van der Waals surface area contributed by atoms with E-state index in [1.807, 2.05) is 13.8 Å². The Hall–Kier alpha value is -1.15. The molecule has 0 atom stereocenters. The van der Waals surface area contributed by atoms with Crippen LogP contribution in [0.15, 0.2) is 21.4 Å². The summed E-state index contributed by atoms with van der Waals surface area (Å²) in [6, 6.07) is 3.00. The van der Waals surface area contributed by atoms with E-state index in [0.717, 1.165) is 0 Å². The van der Waals surface area contributed by atoms with E-state index >= 15 is 0 Å². The van der Waals surface area contributed by atoms with Crippen LogP contribution >= 0.6 is 23.2 Å². The monoisotopic (exact) mass is 417 g/mol. The average Bonchev–Trinajstić information content (AvgIpc) is 3.08. The minimum atomic E-state index is -3.67. The number of nitrogens with zero attached hydrogens (tertiary/aromatic N) is 3. The van der Waals surface area contributed by atoms with E-state index in [-0.39, 0.29) is 21.8 Å². The highest BCUT2D eigenvalue weighted by atomic mass is 35.5. The summed E-state index contributed by atoms with van der Waals surface area (Å²) in [5.74, 6) is 1.44. The molecule has 2 aromatic rings. The Morgan fingerprint density at radius 1 is 1.15 bits per heavy atom. The Kier molecular flexibility index (Phi) is 5.63. The molecule has 3 rings (SSSR count). The third-order valence-electron chi connectivity index (χ3n) is 4.58. The van der Waals surface area contributed by atoms with Gasteiger partial charge in [-0.1, -0.05) is 37.0 Å². The van der Waals surface area contributed by atoms with Crippen molar-refractivity contribution in [2.24, 2.45) is 0 Å². The maximum absolute atomic E-state index is 13.0. The number of benzene rings is 1. The van der Waals surface area contributed by atoms with Crippen molar-refractivity contribution < 1.29 is 12.8 Å². The second kappa shape index (κ2) is 7.46. The molecule has 142 valence electrons. The molecule has 1 saturated heterocycles. The van der Waals surface area contributed by atoms with Gasteiger partial charge in [0.15, 0.2) is 0 Å². The smallest absolute Gasteiger partial charge is 0.244 e. The highest BCUT2D eigenvalue weighted by Gasteiger charge is 2.33. The summed E-state index contributed by atoms with van der Waals surface area (Å²) >= 11 is 12.2. The molecule has 2 heterocycles. The third-order valence-corrected chi connectivity index (χ3v) is 7.35. The highest BCUT2D eigenvalue weighted by Crippen LogP contribution is 2.34. The molecule has 0 N–H and O–H groups in total. The second-order valence-electron chi connectivity index (χ2n) is 6.84. The summed E-state index contributed by atoms with van der Waals surface area (Å²) in [7, 11) is -3.67. The molecule has 0 amide bonds. The minimum absolute atomic E-state index is 0.0730. The van der Waals surface area contributed by atoms with Crippen molar-refractivity contribution in [1.29, 1.82) is 0 Å². The third kappa shape index (κ3) is 3.76. The zero-order valence-corrected chi connectivity index (χ0v) is 17.2. The van der Waals surface area contributed by atoms with Crippen molar-refractivity contribution >= 4 is 33.2 Å². The highest BCUT2D eigenvalue weighted by molar-refractivity contribution is 7.89. The van der Waals surface area contributed by atoms with E-state index in [1.54, 1.807) is 6.92 Å². The first kappa shape index (κ1) is 19.6. The summed E-state index contributed by atoms with van der Waals surface area (Å²) in [6.07, 6.45) is 1.26. The van der Waals surface area contributed by atoms with Crippen LogP contribution in [0, 0.1) is 6.92 Å². The van der Waals surface area contributed by atoms with Gasteiger partial charge in [0.1, 0.15) is 4.90 Å². The van der Waals surface area contributed by atoms with E-state index < -0.39 is 10.0 Å². The summed E-state index contributed by atoms with van der Waals surface area (Å²) in [4.78, 5) is 0.0967. The molecule has 0 saturated carbocycles. The average molecular weight is 418 g/mol. The molecule has 0 radical (unpaired) electrons. The Morgan fingerprint density at radius 3 is 2.38 bits per heavy atom. The van der Waals surface area contributed by atoms with Crippen LogP contribution in [0.5, 0.6) is 0 Å². The van der Waals surface area contributed by atoms with Gasteiger partial charge >= 0.3 is 0 Å². The molecule has 1 aromatic carbocycles. The van der Waals surface area contributed by atoms with E-state index in [0.29, 0.717) is 48.3 Å². The molecule has 6 nitrogen and oxygen atoms in total.